The Morgan fingerprint density at radius 2 is 1.66 bits per heavy atom. The van der Waals surface area contributed by atoms with Crippen molar-refractivity contribution >= 4 is 39.1 Å². The highest BCUT2D eigenvalue weighted by Crippen LogP contribution is 2.21. The van der Waals surface area contributed by atoms with Crippen LogP contribution in [0.3, 0.4) is 0 Å². The van der Waals surface area contributed by atoms with Gasteiger partial charge in [-0.05, 0) is 54.3 Å². The minimum absolute atomic E-state index is 0.119. The maximum atomic E-state index is 12.7. The van der Waals surface area contributed by atoms with E-state index in [2.05, 4.69) is 10.0 Å². The van der Waals surface area contributed by atoms with Crippen molar-refractivity contribution in [2.24, 2.45) is 0 Å². The number of hydrogen-bond acceptors (Lipinski definition) is 3. The molecule has 0 saturated heterocycles. The van der Waals surface area contributed by atoms with Gasteiger partial charge in [0.15, 0.2) is 0 Å². The average molecular weight is 491 g/mol. The summed E-state index contributed by atoms with van der Waals surface area (Å²) in [5.41, 5.74) is 2.55. The Balaban J connectivity index is 1.52. The number of amides is 1. The Hall–Kier alpha value is -2.38. The van der Waals surface area contributed by atoms with Crippen LogP contribution in [0.15, 0.2) is 77.7 Å². The molecule has 0 bridgehead atoms. The molecule has 0 aliphatic heterocycles. The number of benzene rings is 3. The first kappa shape index (κ1) is 24.3. The molecule has 3 aromatic rings. The quantitative estimate of drug-likeness (QED) is 0.428. The van der Waals surface area contributed by atoms with E-state index < -0.39 is 10.0 Å². The summed E-state index contributed by atoms with van der Waals surface area (Å²) < 4.78 is 28.0. The Bertz CT molecular complexity index is 1170. The van der Waals surface area contributed by atoms with Gasteiger partial charge >= 0.3 is 0 Å². The molecule has 0 unspecified atom stereocenters. The van der Waals surface area contributed by atoms with Crippen LogP contribution in [-0.2, 0) is 27.8 Å². The van der Waals surface area contributed by atoms with Crippen molar-refractivity contribution in [2.75, 3.05) is 0 Å². The lowest BCUT2D eigenvalue weighted by molar-refractivity contribution is -0.121. The maximum Gasteiger partial charge on any atom is 0.241 e. The molecule has 0 radical (unpaired) electrons. The van der Waals surface area contributed by atoms with Crippen LogP contribution in [0.5, 0.6) is 0 Å². The largest absolute Gasteiger partial charge is 0.352 e. The van der Waals surface area contributed by atoms with E-state index >= 15 is 0 Å². The fourth-order valence-corrected chi connectivity index (χ4v) is 4.86. The molecule has 168 valence electrons. The topological polar surface area (TPSA) is 75.3 Å². The van der Waals surface area contributed by atoms with Gasteiger partial charge in [-0.1, -0.05) is 71.7 Å². The van der Waals surface area contributed by atoms with Crippen molar-refractivity contribution in [2.45, 2.75) is 37.2 Å². The van der Waals surface area contributed by atoms with E-state index in [1.807, 2.05) is 30.3 Å². The van der Waals surface area contributed by atoms with Gasteiger partial charge in [0, 0.05) is 29.1 Å². The van der Waals surface area contributed by atoms with Crippen molar-refractivity contribution in [1.82, 2.24) is 10.0 Å². The lowest BCUT2D eigenvalue weighted by Crippen LogP contribution is -2.26. The number of aryl methyl sites for hydroxylation is 1. The first-order valence-corrected chi connectivity index (χ1v) is 12.4. The fraction of sp³-hybridized carbons (Fsp3) is 0.208. The van der Waals surface area contributed by atoms with Gasteiger partial charge in [0.25, 0.3) is 0 Å². The van der Waals surface area contributed by atoms with Crippen molar-refractivity contribution in [3.05, 3.63) is 99.5 Å². The lowest BCUT2D eigenvalue weighted by atomic mass is 10.1. The first-order chi connectivity index (χ1) is 15.2. The molecule has 0 aliphatic rings. The minimum atomic E-state index is -3.65. The molecule has 0 aliphatic carbocycles. The fourth-order valence-electron chi connectivity index (χ4n) is 3.15. The van der Waals surface area contributed by atoms with Gasteiger partial charge in [0.2, 0.25) is 15.9 Å². The Morgan fingerprint density at radius 3 is 2.31 bits per heavy atom. The van der Waals surface area contributed by atoms with Crippen molar-refractivity contribution in [1.29, 1.82) is 0 Å². The molecular formula is C24H24Cl2N2O3S. The Morgan fingerprint density at radius 1 is 0.969 bits per heavy atom. The molecule has 8 heteroatoms. The molecule has 3 rings (SSSR count). The highest BCUT2D eigenvalue weighted by atomic mass is 35.5. The van der Waals surface area contributed by atoms with Gasteiger partial charge < -0.3 is 5.32 Å². The summed E-state index contributed by atoms with van der Waals surface area (Å²) in [6, 6.07) is 20.7. The van der Waals surface area contributed by atoms with Gasteiger partial charge in [-0.15, -0.1) is 0 Å². The number of hydrogen-bond donors (Lipinski definition) is 2. The minimum Gasteiger partial charge on any atom is -0.352 e. The predicted molar refractivity (Wildman–Crippen MR) is 128 cm³/mol. The normalized spacial score (nSPS) is 12.3. The zero-order valence-corrected chi connectivity index (χ0v) is 19.8. The molecule has 0 aromatic heterocycles. The van der Waals surface area contributed by atoms with Crippen LogP contribution in [0.1, 0.15) is 36.1 Å². The van der Waals surface area contributed by atoms with Crippen LogP contribution in [0.25, 0.3) is 0 Å². The SMILES string of the molecule is C[C@@H](NS(=O)(=O)c1ccc(CCC(=O)NCc2ccc(Cl)cc2Cl)cc1)c1ccccc1. The summed E-state index contributed by atoms with van der Waals surface area (Å²) in [7, 11) is -3.65. The number of nitrogens with one attached hydrogen (secondary N) is 2. The first-order valence-electron chi connectivity index (χ1n) is 10.1. The highest BCUT2D eigenvalue weighted by molar-refractivity contribution is 7.89. The van der Waals surface area contributed by atoms with Crippen LogP contribution in [0.4, 0.5) is 0 Å². The predicted octanol–water partition coefficient (Wildman–Crippen LogP) is 5.28. The zero-order valence-electron chi connectivity index (χ0n) is 17.5. The zero-order chi connectivity index (χ0) is 23.1. The van der Waals surface area contributed by atoms with E-state index in [0.29, 0.717) is 23.0 Å². The third-order valence-corrected chi connectivity index (χ3v) is 7.14. The van der Waals surface area contributed by atoms with Gasteiger partial charge in [-0.2, -0.15) is 0 Å². The van der Waals surface area contributed by atoms with Gasteiger partial charge in [-0.25, -0.2) is 13.1 Å². The van der Waals surface area contributed by atoms with Gasteiger partial charge in [0.1, 0.15) is 0 Å². The van der Waals surface area contributed by atoms with E-state index in [-0.39, 0.29) is 23.3 Å². The third-order valence-electron chi connectivity index (χ3n) is 5.00. The van der Waals surface area contributed by atoms with E-state index in [1.165, 1.54) is 0 Å². The second-order valence-corrected chi connectivity index (χ2v) is 9.97. The number of rotatable bonds is 9. The van der Waals surface area contributed by atoms with Crippen LogP contribution in [0, 0.1) is 0 Å². The van der Waals surface area contributed by atoms with Crippen LogP contribution in [0.2, 0.25) is 10.0 Å². The van der Waals surface area contributed by atoms with E-state index in [0.717, 1.165) is 16.7 Å². The van der Waals surface area contributed by atoms with Crippen LogP contribution >= 0.6 is 23.2 Å². The smallest absolute Gasteiger partial charge is 0.241 e. The number of halogens is 2. The van der Waals surface area contributed by atoms with Crippen molar-refractivity contribution in [3.8, 4) is 0 Å². The second kappa shape index (κ2) is 11.0. The van der Waals surface area contributed by atoms with Gasteiger partial charge in [0.05, 0.1) is 4.90 Å². The summed E-state index contributed by atoms with van der Waals surface area (Å²) in [4.78, 5) is 12.3. The van der Waals surface area contributed by atoms with E-state index in [4.69, 9.17) is 23.2 Å². The summed E-state index contributed by atoms with van der Waals surface area (Å²) in [6.45, 7) is 2.12. The molecule has 2 N–H and O–H groups in total. The highest BCUT2D eigenvalue weighted by Gasteiger charge is 2.18. The van der Waals surface area contributed by atoms with Crippen LogP contribution < -0.4 is 10.0 Å². The molecule has 0 fully saturated rings. The molecule has 0 saturated carbocycles. The lowest BCUT2D eigenvalue weighted by Gasteiger charge is -2.15. The summed E-state index contributed by atoms with van der Waals surface area (Å²) in [6.07, 6.45) is 0.773. The second-order valence-electron chi connectivity index (χ2n) is 7.41. The number of carbonyl (C=O) groups is 1. The van der Waals surface area contributed by atoms with E-state index in [9.17, 15) is 13.2 Å². The molecule has 0 spiro atoms. The standard InChI is InChI=1S/C24H24Cl2N2O3S/c1-17(19-5-3-2-4-6-19)28-32(30,31)22-12-7-18(8-13-22)9-14-24(29)27-16-20-10-11-21(25)15-23(20)26/h2-8,10-13,15,17,28H,9,14,16H2,1H3,(H,27,29)/t17-/m1/s1. The van der Waals surface area contributed by atoms with Crippen LogP contribution in [-0.4, -0.2) is 14.3 Å². The molecule has 1 atom stereocenters. The molecule has 0 heterocycles. The number of sulfonamides is 1. The van der Waals surface area contributed by atoms with Crippen molar-refractivity contribution in [3.63, 3.8) is 0 Å². The Kier molecular flexibility index (Phi) is 8.32. The summed E-state index contributed by atoms with van der Waals surface area (Å²) >= 11 is 12.0. The average Bonchev–Trinajstić information content (AvgIpc) is 2.77. The molecule has 32 heavy (non-hydrogen) atoms. The van der Waals surface area contributed by atoms with E-state index in [1.54, 1.807) is 49.4 Å². The molecule has 5 nitrogen and oxygen atoms in total. The molecular weight excluding hydrogens is 467 g/mol. The number of carbonyl (C=O) groups excluding carboxylic acids is 1. The summed E-state index contributed by atoms with van der Waals surface area (Å²) in [5, 5.41) is 3.88. The van der Waals surface area contributed by atoms with Crippen molar-refractivity contribution < 1.29 is 13.2 Å². The maximum absolute atomic E-state index is 12.7. The third kappa shape index (κ3) is 6.81. The Labute approximate surface area is 198 Å². The monoisotopic (exact) mass is 490 g/mol. The van der Waals surface area contributed by atoms with Gasteiger partial charge in [-0.3, -0.25) is 4.79 Å². The molecule has 1 amide bonds. The summed E-state index contributed by atoms with van der Waals surface area (Å²) in [5.74, 6) is -0.119. The molecule has 3 aromatic carbocycles.